The molecule has 2 aromatic rings. The SMILES string of the molecule is CCC(C)n1ccc(CS(=O)(=O)c2cc(N)ccc2C)n1. The zero-order valence-corrected chi connectivity index (χ0v) is 13.4. The Kier molecular flexibility index (Phi) is 4.37. The molecule has 1 unspecified atom stereocenters. The highest BCUT2D eigenvalue weighted by molar-refractivity contribution is 7.90. The maximum absolute atomic E-state index is 12.5. The van der Waals surface area contributed by atoms with Crippen molar-refractivity contribution >= 4 is 15.5 Å². The molecule has 5 nitrogen and oxygen atoms in total. The Bertz CT molecular complexity index is 735. The van der Waals surface area contributed by atoms with Crippen LogP contribution >= 0.6 is 0 Å². The Hall–Kier alpha value is -1.82. The van der Waals surface area contributed by atoms with E-state index in [1.165, 1.54) is 6.07 Å². The number of aromatic nitrogens is 2. The summed E-state index contributed by atoms with van der Waals surface area (Å²) in [5, 5.41) is 4.35. The lowest BCUT2D eigenvalue weighted by Crippen LogP contribution is -2.10. The van der Waals surface area contributed by atoms with Crippen molar-refractivity contribution in [3.63, 3.8) is 0 Å². The maximum Gasteiger partial charge on any atom is 0.184 e. The summed E-state index contributed by atoms with van der Waals surface area (Å²) in [5.74, 6) is -0.110. The summed E-state index contributed by atoms with van der Waals surface area (Å²) in [7, 11) is -3.44. The highest BCUT2D eigenvalue weighted by Crippen LogP contribution is 2.22. The molecule has 1 atom stereocenters. The first-order chi connectivity index (χ1) is 9.83. The minimum Gasteiger partial charge on any atom is -0.399 e. The summed E-state index contributed by atoms with van der Waals surface area (Å²) in [6.45, 7) is 5.89. The van der Waals surface area contributed by atoms with Crippen LogP contribution in [0.2, 0.25) is 0 Å². The van der Waals surface area contributed by atoms with Gasteiger partial charge in [0.1, 0.15) is 0 Å². The number of aryl methyl sites for hydroxylation is 1. The Morgan fingerprint density at radius 1 is 1.33 bits per heavy atom. The first kappa shape index (κ1) is 15.6. The second kappa shape index (κ2) is 5.89. The average Bonchev–Trinajstić information content (AvgIpc) is 2.88. The van der Waals surface area contributed by atoms with Gasteiger partial charge in [0.05, 0.1) is 16.3 Å². The standard InChI is InChI=1S/C15H21N3O2S/c1-4-12(3)18-8-7-14(17-18)10-21(19,20)15-9-13(16)6-5-11(15)2/h5-9,12H,4,10,16H2,1-3H3. The van der Waals surface area contributed by atoms with Crippen molar-refractivity contribution in [2.45, 2.75) is 43.9 Å². The molecule has 0 amide bonds. The van der Waals surface area contributed by atoms with Crippen molar-refractivity contribution in [3.05, 3.63) is 41.7 Å². The van der Waals surface area contributed by atoms with Gasteiger partial charge in [0, 0.05) is 17.9 Å². The van der Waals surface area contributed by atoms with E-state index in [0.717, 1.165) is 6.42 Å². The molecule has 1 aromatic heterocycles. The van der Waals surface area contributed by atoms with Gasteiger partial charge in [0.15, 0.2) is 9.84 Å². The van der Waals surface area contributed by atoms with Crippen molar-refractivity contribution < 1.29 is 8.42 Å². The summed E-state index contributed by atoms with van der Waals surface area (Å²) >= 11 is 0. The monoisotopic (exact) mass is 307 g/mol. The Morgan fingerprint density at radius 3 is 2.71 bits per heavy atom. The number of nitrogens with two attached hydrogens (primary N) is 1. The van der Waals surface area contributed by atoms with Crippen molar-refractivity contribution in [3.8, 4) is 0 Å². The highest BCUT2D eigenvalue weighted by Gasteiger charge is 2.20. The zero-order valence-electron chi connectivity index (χ0n) is 12.6. The van der Waals surface area contributed by atoms with Crippen LogP contribution in [0.25, 0.3) is 0 Å². The Balaban J connectivity index is 2.29. The highest BCUT2D eigenvalue weighted by atomic mass is 32.2. The number of benzene rings is 1. The summed E-state index contributed by atoms with van der Waals surface area (Å²) in [6.07, 6.45) is 2.77. The number of hydrogen-bond donors (Lipinski definition) is 1. The predicted octanol–water partition coefficient (Wildman–Crippen LogP) is 2.72. The summed E-state index contributed by atoms with van der Waals surface area (Å²) < 4.78 is 26.8. The molecule has 0 aliphatic heterocycles. The van der Waals surface area contributed by atoms with Gasteiger partial charge in [-0.15, -0.1) is 0 Å². The number of hydrogen-bond acceptors (Lipinski definition) is 4. The zero-order chi connectivity index (χ0) is 15.6. The molecule has 0 fully saturated rings. The molecular weight excluding hydrogens is 286 g/mol. The van der Waals surface area contributed by atoms with E-state index in [0.29, 0.717) is 16.9 Å². The average molecular weight is 307 g/mol. The summed E-state index contributed by atoms with van der Waals surface area (Å²) in [6, 6.07) is 6.95. The second-order valence-electron chi connectivity index (χ2n) is 5.33. The third-order valence-corrected chi connectivity index (χ3v) is 5.38. The van der Waals surface area contributed by atoms with Gasteiger partial charge in [-0.2, -0.15) is 5.10 Å². The van der Waals surface area contributed by atoms with Crippen LogP contribution in [0.1, 0.15) is 37.6 Å². The third-order valence-electron chi connectivity index (χ3n) is 3.59. The number of rotatable bonds is 5. The summed E-state index contributed by atoms with van der Waals surface area (Å²) in [5.41, 5.74) is 7.40. The van der Waals surface area contributed by atoms with Gasteiger partial charge in [-0.3, -0.25) is 4.68 Å². The minimum absolute atomic E-state index is 0.110. The minimum atomic E-state index is -3.44. The van der Waals surface area contributed by atoms with Crippen LogP contribution < -0.4 is 5.73 Å². The Labute approximate surface area is 125 Å². The van der Waals surface area contributed by atoms with Crippen LogP contribution in [0.4, 0.5) is 5.69 Å². The molecule has 1 heterocycles. The molecule has 0 radical (unpaired) electrons. The van der Waals surface area contributed by atoms with E-state index in [9.17, 15) is 8.42 Å². The third kappa shape index (κ3) is 3.44. The van der Waals surface area contributed by atoms with Crippen LogP contribution in [-0.4, -0.2) is 18.2 Å². The van der Waals surface area contributed by atoms with Crippen molar-refractivity contribution in [2.75, 3.05) is 5.73 Å². The summed E-state index contributed by atoms with van der Waals surface area (Å²) in [4.78, 5) is 0.278. The van der Waals surface area contributed by atoms with E-state index < -0.39 is 9.84 Å². The van der Waals surface area contributed by atoms with Gasteiger partial charge in [-0.25, -0.2) is 8.42 Å². The van der Waals surface area contributed by atoms with Crippen molar-refractivity contribution in [2.24, 2.45) is 0 Å². The lowest BCUT2D eigenvalue weighted by atomic mass is 10.2. The fourth-order valence-electron chi connectivity index (χ4n) is 2.11. The van der Waals surface area contributed by atoms with Crippen LogP contribution in [0.3, 0.4) is 0 Å². The molecule has 0 aliphatic carbocycles. The fourth-order valence-corrected chi connectivity index (χ4v) is 3.68. The smallest absolute Gasteiger partial charge is 0.184 e. The fraction of sp³-hybridized carbons (Fsp3) is 0.400. The van der Waals surface area contributed by atoms with E-state index in [4.69, 9.17) is 5.73 Å². The van der Waals surface area contributed by atoms with Crippen LogP contribution in [-0.2, 0) is 15.6 Å². The van der Waals surface area contributed by atoms with Gasteiger partial charge in [-0.1, -0.05) is 13.0 Å². The van der Waals surface area contributed by atoms with Gasteiger partial charge < -0.3 is 5.73 Å². The molecule has 0 saturated heterocycles. The first-order valence-electron chi connectivity index (χ1n) is 6.96. The number of nitrogens with zero attached hydrogens (tertiary/aromatic N) is 2. The number of anilines is 1. The molecule has 21 heavy (non-hydrogen) atoms. The number of sulfone groups is 1. The normalized spacial score (nSPS) is 13.3. The lowest BCUT2D eigenvalue weighted by molar-refractivity contribution is 0.475. The largest absolute Gasteiger partial charge is 0.399 e. The van der Waals surface area contributed by atoms with Crippen LogP contribution in [0, 0.1) is 6.92 Å². The molecule has 2 rings (SSSR count). The van der Waals surface area contributed by atoms with E-state index in [1.54, 1.807) is 29.8 Å². The number of nitrogen functional groups attached to an aromatic ring is 1. The van der Waals surface area contributed by atoms with Gasteiger partial charge in [0.25, 0.3) is 0 Å². The molecule has 0 bridgehead atoms. The molecule has 0 saturated carbocycles. The molecule has 114 valence electrons. The van der Waals surface area contributed by atoms with Crippen molar-refractivity contribution in [1.29, 1.82) is 0 Å². The first-order valence-corrected chi connectivity index (χ1v) is 8.61. The molecule has 0 aliphatic rings. The van der Waals surface area contributed by atoms with Gasteiger partial charge in [-0.05, 0) is 44.0 Å². The van der Waals surface area contributed by atoms with Crippen LogP contribution in [0.5, 0.6) is 0 Å². The lowest BCUT2D eigenvalue weighted by Gasteiger charge is -2.09. The topological polar surface area (TPSA) is 78.0 Å². The second-order valence-corrected chi connectivity index (χ2v) is 7.29. The molecule has 1 aromatic carbocycles. The van der Waals surface area contributed by atoms with Gasteiger partial charge in [0.2, 0.25) is 0 Å². The van der Waals surface area contributed by atoms with Gasteiger partial charge >= 0.3 is 0 Å². The quantitative estimate of drug-likeness (QED) is 0.862. The van der Waals surface area contributed by atoms with E-state index >= 15 is 0 Å². The van der Waals surface area contributed by atoms with E-state index in [1.807, 2.05) is 13.1 Å². The maximum atomic E-state index is 12.5. The predicted molar refractivity (Wildman–Crippen MR) is 83.7 cm³/mol. The molecule has 2 N–H and O–H groups in total. The van der Waals surface area contributed by atoms with Crippen LogP contribution in [0.15, 0.2) is 35.4 Å². The molecule has 6 heteroatoms. The van der Waals surface area contributed by atoms with Crippen molar-refractivity contribution in [1.82, 2.24) is 9.78 Å². The molecular formula is C15H21N3O2S. The van der Waals surface area contributed by atoms with E-state index in [2.05, 4.69) is 12.0 Å². The Morgan fingerprint density at radius 2 is 2.05 bits per heavy atom. The van der Waals surface area contributed by atoms with E-state index in [-0.39, 0.29) is 16.7 Å². The molecule has 0 spiro atoms.